The highest BCUT2D eigenvalue weighted by molar-refractivity contribution is 5.30. The van der Waals surface area contributed by atoms with Crippen LogP contribution >= 0.6 is 0 Å². The molecule has 0 aromatic heterocycles. The van der Waals surface area contributed by atoms with Crippen LogP contribution in [0.1, 0.15) is 25.0 Å². The number of benzene rings is 1. The van der Waals surface area contributed by atoms with E-state index in [0.717, 1.165) is 0 Å². The minimum absolute atomic E-state index is 0.0680. The van der Waals surface area contributed by atoms with Gasteiger partial charge in [0.2, 0.25) is 0 Å². The van der Waals surface area contributed by atoms with Crippen molar-refractivity contribution in [3.63, 3.8) is 0 Å². The minimum Gasteiger partial charge on any atom is -0.375 e. The summed E-state index contributed by atoms with van der Waals surface area (Å²) < 4.78 is 17.9. The summed E-state index contributed by atoms with van der Waals surface area (Å²) >= 11 is 0. The van der Waals surface area contributed by atoms with Gasteiger partial charge in [0.1, 0.15) is 23.4 Å². The normalized spacial score (nSPS) is 38.6. The van der Waals surface area contributed by atoms with Crippen LogP contribution in [-0.2, 0) is 20.8 Å². The topological polar surface area (TPSA) is 27.7 Å². The van der Waals surface area contributed by atoms with Gasteiger partial charge < -0.3 is 14.2 Å². The van der Waals surface area contributed by atoms with E-state index in [-0.39, 0.29) is 17.8 Å². The molecule has 4 atom stereocenters. The predicted octanol–water partition coefficient (Wildman–Crippen LogP) is 3.01. The first-order valence-corrected chi connectivity index (χ1v) is 7.08. The zero-order valence-corrected chi connectivity index (χ0v) is 12.6. The molecule has 2 aliphatic rings. The highest BCUT2D eigenvalue weighted by Gasteiger charge is 2.61. The molecule has 20 heavy (non-hydrogen) atoms. The van der Waals surface area contributed by atoms with Crippen LogP contribution < -0.4 is 0 Å². The number of hydrogen-bond acceptors (Lipinski definition) is 3. The zero-order valence-electron chi connectivity index (χ0n) is 12.6. The van der Waals surface area contributed by atoms with Crippen LogP contribution in [0.5, 0.6) is 0 Å². The quantitative estimate of drug-likeness (QED) is 0.790. The van der Waals surface area contributed by atoms with Crippen molar-refractivity contribution >= 4 is 0 Å². The van der Waals surface area contributed by atoms with Crippen LogP contribution in [0.2, 0.25) is 0 Å². The molecule has 0 aliphatic carbocycles. The third-order valence-electron chi connectivity index (χ3n) is 4.52. The number of methoxy groups -OCH3 is 1. The molecule has 1 saturated heterocycles. The maximum Gasteiger partial charge on any atom is 0.119 e. The molecule has 1 aromatic rings. The monoisotopic (exact) mass is 274 g/mol. The van der Waals surface area contributed by atoms with Crippen molar-refractivity contribution in [3.8, 4) is 0 Å². The first-order valence-electron chi connectivity index (χ1n) is 7.08. The second-order valence-corrected chi connectivity index (χ2v) is 6.12. The van der Waals surface area contributed by atoms with Gasteiger partial charge in [-0.2, -0.15) is 0 Å². The fraction of sp³-hybridized carbons (Fsp3) is 0.529. The molecule has 108 valence electrons. The molecule has 0 amide bonds. The largest absolute Gasteiger partial charge is 0.375 e. The van der Waals surface area contributed by atoms with Crippen LogP contribution in [0.15, 0.2) is 36.4 Å². The van der Waals surface area contributed by atoms with Gasteiger partial charge in [-0.1, -0.05) is 36.4 Å². The Morgan fingerprint density at radius 2 is 1.75 bits per heavy atom. The molecule has 4 unspecified atom stereocenters. The third-order valence-corrected chi connectivity index (χ3v) is 4.52. The lowest BCUT2D eigenvalue weighted by molar-refractivity contribution is -0.0779. The number of hydrogen-bond donors (Lipinski definition) is 0. The Hall–Kier alpha value is -1.16. The van der Waals surface area contributed by atoms with E-state index in [1.54, 1.807) is 7.11 Å². The molecule has 3 rings (SSSR count). The van der Waals surface area contributed by atoms with Gasteiger partial charge in [0.05, 0.1) is 6.61 Å². The van der Waals surface area contributed by atoms with Crippen LogP contribution in [0.25, 0.3) is 0 Å². The molecule has 2 aliphatic heterocycles. The van der Waals surface area contributed by atoms with Gasteiger partial charge in [-0.15, -0.1) is 0 Å². The second kappa shape index (κ2) is 4.69. The third kappa shape index (κ3) is 2.01. The number of fused-ring (bicyclic) bond motifs is 2. The lowest BCUT2D eigenvalue weighted by Gasteiger charge is -2.32. The van der Waals surface area contributed by atoms with Crippen LogP contribution in [-0.4, -0.2) is 30.5 Å². The predicted molar refractivity (Wildman–Crippen MR) is 77.6 cm³/mol. The number of aryl methyl sites for hydroxylation is 1. The first-order chi connectivity index (χ1) is 9.48. The van der Waals surface area contributed by atoms with Crippen molar-refractivity contribution in [2.75, 3.05) is 7.11 Å². The maximum absolute atomic E-state index is 6.17. The summed E-state index contributed by atoms with van der Waals surface area (Å²) in [6, 6.07) is 8.29. The molecular formula is C17H22O3. The second-order valence-electron chi connectivity index (χ2n) is 6.12. The molecule has 2 bridgehead atoms. The molecular weight excluding hydrogens is 252 g/mol. The van der Waals surface area contributed by atoms with Crippen molar-refractivity contribution in [3.05, 3.63) is 47.5 Å². The SMILES string of the molecule is COC1C(OCc2ccccc2C)C2(C)C=CC1(C)O2. The molecule has 3 heteroatoms. The summed E-state index contributed by atoms with van der Waals surface area (Å²) in [5.74, 6) is 0. The fourth-order valence-electron chi connectivity index (χ4n) is 3.34. The Kier molecular flexibility index (Phi) is 3.24. The minimum atomic E-state index is -0.391. The van der Waals surface area contributed by atoms with Gasteiger partial charge in [-0.3, -0.25) is 0 Å². The van der Waals surface area contributed by atoms with E-state index in [1.807, 2.05) is 12.1 Å². The van der Waals surface area contributed by atoms with E-state index >= 15 is 0 Å². The van der Waals surface area contributed by atoms with E-state index < -0.39 is 5.60 Å². The van der Waals surface area contributed by atoms with Gasteiger partial charge in [0.25, 0.3) is 0 Å². The Morgan fingerprint density at radius 1 is 1.10 bits per heavy atom. The fourth-order valence-corrected chi connectivity index (χ4v) is 3.34. The van der Waals surface area contributed by atoms with E-state index in [0.29, 0.717) is 6.61 Å². The summed E-state index contributed by atoms with van der Waals surface area (Å²) in [6.07, 6.45) is 4.04. The molecule has 3 nitrogen and oxygen atoms in total. The maximum atomic E-state index is 6.17. The van der Waals surface area contributed by atoms with Gasteiger partial charge in [-0.25, -0.2) is 0 Å². The average Bonchev–Trinajstić information content (AvgIpc) is 2.84. The molecule has 0 spiro atoms. The zero-order chi connectivity index (χ0) is 14.4. The van der Waals surface area contributed by atoms with E-state index in [9.17, 15) is 0 Å². The van der Waals surface area contributed by atoms with Gasteiger partial charge in [0, 0.05) is 7.11 Å². The Bertz CT molecular complexity index is 539. The average molecular weight is 274 g/mol. The number of rotatable bonds is 4. The summed E-state index contributed by atoms with van der Waals surface area (Å²) in [6.45, 7) is 6.81. The van der Waals surface area contributed by atoms with Crippen molar-refractivity contribution in [1.82, 2.24) is 0 Å². The number of ether oxygens (including phenoxy) is 3. The van der Waals surface area contributed by atoms with Crippen molar-refractivity contribution < 1.29 is 14.2 Å². The first kappa shape index (κ1) is 13.8. The molecule has 0 radical (unpaired) electrons. The van der Waals surface area contributed by atoms with E-state index in [2.05, 4.69) is 45.1 Å². The Balaban J connectivity index is 1.78. The molecule has 1 fully saturated rings. The van der Waals surface area contributed by atoms with Crippen LogP contribution in [0.4, 0.5) is 0 Å². The van der Waals surface area contributed by atoms with Gasteiger partial charge in [0.15, 0.2) is 0 Å². The summed E-state index contributed by atoms with van der Waals surface area (Å²) in [5.41, 5.74) is 1.69. The van der Waals surface area contributed by atoms with Gasteiger partial charge >= 0.3 is 0 Å². The van der Waals surface area contributed by atoms with Crippen molar-refractivity contribution in [2.24, 2.45) is 0 Å². The van der Waals surface area contributed by atoms with E-state index in [4.69, 9.17) is 14.2 Å². The smallest absolute Gasteiger partial charge is 0.119 e. The summed E-state index contributed by atoms with van der Waals surface area (Å²) in [7, 11) is 1.72. The lowest BCUT2D eigenvalue weighted by atomic mass is 9.85. The summed E-state index contributed by atoms with van der Waals surface area (Å²) in [5, 5.41) is 0. The Morgan fingerprint density at radius 3 is 2.40 bits per heavy atom. The van der Waals surface area contributed by atoms with Crippen molar-refractivity contribution in [2.45, 2.75) is 50.8 Å². The highest BCUT2D eigenvalue weighted by atomic mass is 16.6. The lowest BCUT2D eigenvalue weighted by Crippen LogP contribution is -2.46. The molecule has 0 N–H and O–H groups in total. The Labute approximate surface area is 120 Å². The molecule has 2 heterocycles. The highest BCUT2D eigenvalue weighted by Crippen LogP contribution is 2.48. The molecule has 0 saturated carbocycles. The van der Waals surface area contributed by atoms with Crippen LogP contribution in [0, 0.1) is 6.92 Å². The summed E-state index contributed by atoms with van der Waals surface area (Å²) in [4.78, 5) is 0. The van der Waals surface area contributed by atoms with Gasteiger partial charge in [-0.05, 0) is 31.9 Å². The standard InChI is InChI=1S/C17H22O3/c1-12-7-5-6-8-13(12)11-19-15-14(18-4)16(2)9-10-17(15,3)20-16/h5-10,14-15H,11H2,1-4H3. The van der Waals surface area contributed by atoms with Crippen molar-refractivity contribution in [1.29, 1.82) is 0 Å². The van der Waals surface area contributed by atoms with Crippen LogP contribution in [0.3, 0.4) is 0 Å². The van der Waals surface area contributed by atoms with E-state index in [1.165, 1.54) is 11.1 Å². The molecule has 1 aromatic carbocycles.